The molecule has 2 N–H and O–H groups in total. The highest BCUT2D eigenvalue weighted by Gasteiger charge is 2.14. The van der Waals surface area contributed by atoms with Gasteiger partial charge in [0.1, 0.15) is 0 Å². The van der Waals surface area contributed by atoms with Crippen molar-refractivity contribution < 1.29 is 4.74 Å². The van der Waals surface area contributed by atoms with Crippen LogP contribution in [0.5, 0.6) is 6.01 Å². The largest absolute Gasteiger partial charge is 0.463 e. The highest BCUT2D eigenvalue weighted by atomic mass is 16.5. The minimum Gasteiger partial charge on any atom is -0.463 e. The molecule has 1 unspecified atom stereocenters. The average molecular weight is 267 g/mol. The molecule has 0 bridgehead atoms. The summed E-state index contributed by atoms with van der Waals surface area (Å²) in [5, 5.41) is 6.26. The third kappa shape index (κ3) is 4.89. The SMILES string of the molecule is CCCOc1nc(NC)nc(NC(CC)C(C)C)n1. The molecule has 1 aromatic rings. The van der Waals surface area contributed by atoms with Crippen LogP contribution >= 0.6 is 0 Å². The molecule has 0 saturated carbocycles. The fourth-order valence-corrected chi connectivity index (χ4v) is 1.70. The lowest BCUT2D eigenvalue weighted by Crippen LogP contribution is -2.26. The Labute approximate surface area is 115 Å². The van der Waals surface area contributed by atoms with E-state index < -0.39 is 0 Å². The third-order valence-electron chi connectivity index (χ3n) is 2.83. The minimum atomic E-state index is 0.339. The Hall–Kier alpha value is -1.59. The van der Waals surface area contributed by atoms with Crippen LogP contribution in [0, 0.1) is 5.92 Å². The zero-order chi connectivity index (χ0) is 14.3. The molecule has 1 aromatic heterocycles. The van der Waals surface area contributed by atoms with Gasteiger partial charge < -0.3 is 15.4 Å². The van der Waals surface area contributed by atoms with Gasteiger partial charge in [0, 0.05) is 13.1 Å². The van der Waals surface area contributed by atoms with E-state index in [1.54, 1.807) is 7.05 Å². The van der Waals surface area contributed by atoms with E-state index in [0.717, 1.165) is 12.8 Å². The van der Waals surface area contributed by atoms with Crippen molar-refractivity contribution >= 4 is 11.9 Å². The molecule has 0 aliphatic rings. The number of anilines is 2. The van der Waals surface area contributed by atoms with Crippen LogP contribution in [0.3, 0.4) is 0 Å². The molecule has 0 saturated heterocycles. The van der Waals surface area contributed by atoms with Crippen molar-refractivity contribution in [2.24, 2.45) is 5.92 Å². The van der Waals surface area contributed by atoms with Crippen molar-refractivity contribution in [1.82, 2.24) is 15.0 Å². The molecule has 0 radical (unpaired) electrons. The monoisotopic (exact) mass is 267 g/mol. The summed E-state index contributed by atoms with van der Waals surface area (Å²) >= 11 is 0. The molecule has 0 spiro atoms. The topological polar surface area (TPSA) is 72.0 Å². The van der Waals surface area contributed by atoms with E-state index >= 15 is 0 Å². The second kappa shape index (κ2) is 7.76. The van der Waals surface area contributed by atoms with Gasteiger partial charge in [-0.05, 0) is 18.8 Å². The van der Waals surface area contributed by atoms with Gasteiger partial charge in [-0.1, -0.05) is 27.7 Å². The van der Waals surface area contributed by atoms with Gasteiger partial charge in [-0.3, -0.25) is 0 Å². The summed E-state index contributed by atoms with van der Waals surface area (Å²) in [5.41, 5.74) is 0. The molecule has 0 amide bonds. The summed E-state index contributed by atoms with van der Waals surface area (Å²) in [4.78, 5) is 12.8. The van der Waals surface area contributed by atoms with Gasteiger partial charge in [-0.2, -0.15) is 15.0 Å². The van der Waals surface area contributed by atoms with Gasteiger partial charge in [0.2, 0.25) is 11.9 Å². The van der Waals surface area contributed by atoms with Crippen molar-refractivity contribution in [2.75, 3.05) is 24.3 Å². The highest BCUT2D eigenvalue weighted by molar-refractivity contribution is 5.36. The number of rotatable bonds is 8. The number of aromatic nitrogens is 3. The molecule has 0 aliphatic carbocycles. The Morgan fingerprint density at radius 2 is 1.79 bits per heavy atom. The van der Waals surface area contributed by atoms with Crippen LogP contribution in [0.1, 0.15) is 40.5 Å². The normalized spacial score (nSPS) is 12.3. The van der Waals surface area contributed by atoms with Crippen LogP contribution in [0.15, 0.2) is 0 Å². The fraction of sp³-hybridized carbons (Fsp3) is 0.769. The van der Waals surface area contributed by atoms with Gasteiger partial charge in [-0.25, -0.2) is 0 Å². The third-order valence-corrected chi connectivity index (χ3v) is 2.83. The molecular weight excluding hydrogens is 242 g/mol. The van der Waals surface area contributed by atoms with Crippen LogP contribution in [0.4, 0.5) is 11.9 Å². The maximum absolute atomic E-state index is 5.47. The maximum atomic E-state index is 5.47. The molecule has 19 heavy (non-hydrogen) atoms. The zero-order valence-corrected chi connectivity index (χ0v) is 12.5. The molecular formula is C13H25N5O. The molecule has 1 rings (SSSR count). The summed E-state index contributed by atoms with van der Waals surface area (Å²) in [5.74, 6) is 1.59. The molecule has 1 heterocycles. The Kier molecular flexibility index (Phi) is 6.32. The van der Waals surface area contributed by atoms with E-state index in [2.05, 4.69) is 46.4 Å². The van der Waals surface area contributed by atoms with Gasteiger partial charge in [0.15, 0.2) is 0 Å². The van der Waals surface area contributed by atoms with Crippen molar-refractivity contribution in [1.29, 1.82) is 0 Å². The fourth-order valence-electron chi connectivity index (χ4n) is 1.70. The first-order valence-electron chi connectivity index (χ1n) is 6.93. The van der Waals surface area contributed by atoms with E-state index in [-0.39, 0.29) is 0 Å². The van der Waals surface area contributed by atoms with Gasteiger partial charge in [-0.15, -0.1) is 0 Å². The van der Waals surface area contributed by atoms with Crippen LogP contribution < -0.4 is 15.4 Å². The first-order chi connectivity index (χ1) is 9.10. The predicted octanol–water partition coefficient (Wildman–Crippen LogP) is 2.55. The van der Waals surface area contributed by atoms with Crippen molar-refractivity contribution in [3.63, 3.8) is 0 Å². The molecule has 6 nitrogen and oxygen atoms in total. The Morgan fingerprint density at radius 1 is 1.11 bits per heavy atom. The zero-order valence-electron chi connectivity index (χ0n) is 12.5. The van der Waals surface area contributed by atoms with E-state index in [4.69, 9.17) is 4.74 Å². The van der Waals surface area contributed by atoms with Gasteiger partial charge >= 0.3 is 6.01 Å². The summed E-state index contributed by atoms with van der Waals surface area (Å²) in [6.07, 6.45) is 1.94. The van der Waals surface area contributed by atoms with Crippen LogP contribution in [0.25, 0.3) is 0 Å². The maximum Gasteiger partial charge on any atom is 0.323 e. The summed E-state index contributed by atoms with van der Waals surface area (Å²) in [7, 11) is 1.78. The smallest absolute Gasteiger partial charge is 0.323 e. The number of hydrogen-bond donors (Lipinski definition) is 2. The first-order valence-corrected chi connectivity index (χ1v) is 6.93. The van der Waals surface area contributed by atoms with Crippen molar-refractivity contribution in [3.8, 4) is 6.01 Å². The summed E-state index contributed by atoms with van der Waals surface area (Å²) in [6, 6.07) is 0.702. The van der Waals surface area contributed by atoms with Gasteiger partial charge in [0.25, 0.3) is 0 Å². The van der Waals surface area contributed by atoms with E-state index in [0.29, 0.717) is 36.5 Å². The van der Waals surface area contributed by atoms with E-state index in [1.165, 1.54) is 0 Å². The number of ether oxygens (including phenoxy) is 1. The lowest BCUT2D eigenvalue weighted by molar-refractivity contribution is 0.292. The lowest BCUT2D eigenvalue weighted by atomic mass is 10.0. The second-order valence-electron chi connectivity index (χ2n) is 4.77. The van der Waals surface area contributed by atoms with Crippen LogP contribution in [-0.2, 0) is 0 Å². The number of nitrogens with one attached hydrogen (secondary N) is 2. The van der Waals surface area contributed by atoms with Gasteiger partial charge in [0.05, 0.1) is 6.61 Å². The molecule has 108 valence electrons. The second-order valence-corrected chi connectivity index (χ2v) is 4.77. The highest BCUT2D eigenvalue weighted by Crippen LogP contribution is 2.15. The van der Waals surface area contributed by atoms with Crippen LogP contribution in [0.2, 0.25) is 0 Å². The summed E-state index contributed by atoms with van der Waals surface area (Å²) in [6.45, 7) is 9.15. The molecule has 0 aliphatic heterocycles. The number of hydrogen-bond acceptors (Lipinski definition) is 6. The Balaban J connectivity index is 2.86. The molecule has 6 heteroatoms. The number of nitrogens with zero attached hydrogens (tertiary/aromatic N) is 3. The quantitative estimate of drug-likeness (QED) is 0.754. The van der Waals surface area contributed by atoms with Crippen molar-refractivity contribution in [3.05, 3.63) is 0 Å². The first kappa shape index (κ1) is 15.5. The molecule has 1 atom stereocenters. The lowest BCUT2D eigenvalue weighted by Gasteiger charge is -2.20. The standard InChI is InChI=1S/C13H25N5O/c1-6-8-19-13-17-11(14-5)16-12(18-13)15-10(7-2)9(3)4/h9-10H,6-8H2,1-5H3,(H2,14,15,16,17,18). The Morgan fingerprint density at radius 3 is 2.32 bits per heavy atom. The van der Waals surface area contributed by atoms with E-state index in [9.17, 15) is 0 Å². The summed E-state index contributed by atoms with van der Waals surface area (Å²) < 4.78 is 5.47. The van der Waals surface area contributed by atoms with Crippen molar-refractivity contribution in [2.45, 2.75) is 46.6 Å². The molecule has 0 aromatic carbocycles. The predicted molar refractivity (Wildman–Crippen MR) is 77.7 cm³/mol. The van der Waals surface area contributed by atoms with Crippen LogP contribution in [-0.4, -0.2) is 34.6 Å². The van der Waals surface area contributed by atoms with E-state index in [1.807, 2.05) is 6.92 Å². The average Bonchev–Trinajstić information content (AvgIpc) is 2.41. The minimum absolute atomic E-state index is 0.339. The molecule has 0 fully saturated rings. The Bertz CT molecular complexity index is 383.